The largest absolute Gasteiger partial charge is 0.481 e. The minimum atomic E-state index is -0.696. The number of carboxylic acids is 1. The van der Waals surface area contributed by atoms with E-state index in [1.54, 1.807) is 0 Å². The molecule has 1 atom stereocenters. The van der Waals surface area contributed by atoms with Gasteiger partial charge in [-0.1, -0.05) is 20.8 Å². The summed E-state index contributed by atoms with van der Waals surface area (Å²) in [7, 11) is 0. The lowest BCUT2D eigenvalue weighted by molar-refractivity contribution is -0.137. The zero-order chi connectivity index (χ0) is 11.9. The molecule has 0 saturated heterocycles. The van der Waals surface area contributed by atoms with Crippen molar-refractivity contribution in [2.75, 3.05) is 6.54 Å². The molecule has 0 radical (unpaired) electrons. The van der Waals surface area contributed by atoms with Crippen LogP contribution in [-0.4, -0.2) is 23.7 Å². The Kier molecular flexibility index (Phi) is 6.57. The van der Waals surface area contributed by atoms with E-state index in [-0.39, 0.29) is 11.8 Å². The summed E-state index contributed by atoms with van der Waals surface area (Å²) in [6.07, 6.45) is 3.20. The number of hydrogen-bond acceptors (Lipinski definition) is 2. The van der Waals surface area contributed by atoms with E-state index in [4.69, 9.17) is 5.11 Å². The Labute approximate surface area is 93.3 Å². The van der Waals surface area contributed by atoms with Crippen molar-refractivity contribution in [1.82, 2.24) is 5.32 Å². The van der Waals surface area contributed by atoms with Crippen molar-refractivity contribution < 1.29 is 9.90 Å². The molecule has 0 aliphatic rings. The average Bonchev–Trinajstić information content (AvgIpc) is 2.14. The number of nitrogens with one attached hydrogen (secondary N) is 1. The third-order valence-electron chi connectivity index (χ3n) is 2.92. The van der Waals surface area contributed by atoms with E-state index in [1.807, 2.05) is 0 Å². The first kappa shape index (κ1) is 14.4. The van der Waals surface area contributed by atoms with Gasteiger partial charge in [0.15, 0.2) is 0 Å². The van der Waals surface area contributed by atoms with Crippen LogP contribution in [0.3, 0.4) is 0 Å². The fourth-order valence-electron chi connectivity index (χ4n) is 1.37. The van der Waals surface area contributed by atoms with E-state index in [9.17, 15) is 4.79 Å². The highest BCUT2D eigenvalue weighted by Crippen LogP contribution is 2.26. The number of rotatable bonds is 8. The van der Waals surface area contributed by atoms with Crippen LogP contribution >= 0.6 is 0 Å². The van der Waals surface area contributed by atoms with Crippen LogP contribution in [0.15, 0.2) is 0 Å². The number of aliphatic carboxylic acids is 1. The zero-order valence-corrected chi connectivity index (χ0v) is 10.5. The second-order valence-corrected chi connectivity index (χ2v) is 5.07. The maximum Gasteiger partial charge on any atom is 0.303 e. The summed E-state index contributed by atoms with van der Waals surface area (Å²) in [4.78, 5) is 10.5. The predicted octanol–water partition coefficient (Wildman–Crippen LogP) is 2.66. The molecule has 0 aromatic rings. The van der Waals surface area contributed by atoms with Crippen LogP contribution in [0.4, 0.5) is 0 Å². The van der Waals surface area contributed by atoms with Crippen LogP contribution in [0.1, 0.15) is 53.4 Å². The first-order valence-corrected chi connectivity index (χ1v) is 5.82. The molecule has 0 aromatic heterocycles. The fraction of sp³-hybridized carbons (Fsp3) is 0.917. The molecule has 0 aliphatic heterocycles. The first-order chi connectivity index (χ1) is 6.87. The summed E-state index contributed by atoms with van der Waals surface area (Å²) in [5.74, 6) is -0.696. The molecule has 15 heavy (non-hydrogen) atoms. The molecular formula is C12H25NO2. The molecule has 0 aromatic carbocycles. The molecule has 0 fully saturated rings. The Hall–Kier alpha value is -0.570. The Morgan fingerprint density at radius 1 is 1.40 bits per heavy atom. The summed E-state index contributed by atoms with van der Waals surface area (Å²) in [5.41, 5.74) is 0.124. The highest BCUT2D eigenvalue weighted by Gasteiger charge is 2.18. The molecule has 3 heteroatoms. The summed E-state index contributed by atoms with van der Waals surface area (Å²) in [6, 6.07) is 0.556. The van der Waals surface area contributed by atoms with Gasteiger partial charge < -0.3 is 10.4 Å². The van der Waals surface area contributed by atoms with Crippen molar-refractivity contribution in [1.29, 1.82) is 0 Å². The maximum atomic E-state index is 10.5. The number of carboxylic acid groups (broad SMARTS) is 1. The van der Waals surface area contributed by atoms with Crippen molar-refractivity contribution in [3.05, 3.63) is 0 Å². The molecule has 90 valence electrons. The van der Waals surface area contributed by atoms with Crippen molar-refractivity contribution >= 4 is 5.97 Å². The third kappa shape index (κ3) is 8.43. The van der Waals surface area contributed by atoms with Gasteiger partial charge in [0.05, 0.1) is 0 Å². The SMILES string of the molecule is CCC(C)NCCC(C)(C)CCC(=O)O. The van der Waals surface area contributed by atoms with Crippen molar-refractivity contribution in [2.45, 2.75) is 59.4 Å². The highest BCUT2D eigenvalue weighted by molar-refractivity contribution is 5.66. The minimum absolute atomic E-state index is 0.124. The molecule has 0 spiro atoms. The molecule has 1 unspecified atom stereocenters. The maximum absolute atomic E-state index is 10.5. The van der Waals surface area contributed by atoms with Gasteiger partial charge >= 0.3 is 5.97 Å². The van der Waals surface area contributed by atoms with E-state index in [0.717, 1.165) is 25.8 Å². The second-order valence-electron chi connectivity index (χ2n) is 5.07. The Bertz CT molecular complexity index is 190. The van der Waals surface area contributed by atoms with Gasteiger partial charge in [-0.05, 0) is 38.1 Å². The monoisotopic (exact) mass is 215 g/mol. The Morgan fingerprint density at radius 3 is 2.47 bits per heavy atom. The van der Waals surface area contributed by atoms with Crippen molar-refractivity contribution in [3.8, 4) is 0 Å². The van der Waals surface area contributed by atoms with E-state index in [2.05, 4.69) is 33.0 Å². The van der Waals surface area contributed by atoms with Crippen LogP contribution in [0.2, 0.25) is 0 Å². The summed E-state index contributed by atoms with van der Waals surface area (Å²) in [6.45, 7) is 9.57. The second kappa shape index (κ2) is 6.83. The molecule has 3 nitrogen and oxygen atoms in total. The van der Waals surface area contributed by atoms with Crippen molar-refractivity contribution in [3.63, 3.8) is 0 Å². The molecule has 0 heterocycles. The molecule has 0 rings (SSSR count). The van der Waals surface area contributed by atoms with Gasteiger partial charge in [0.2, 0.25) is 0 Å². The quantitative estimate of drug-likeness (QED) is 0.654. The Morgan fingerprint density at radius 2 is 2.00 bits per heavy atom. The molecule has 0 aliphatic carbocycles. The van der Waals surface area contributed by atoms with Crippen LogP contribution < -0.4 is 5.32 Å². The lowest BCUT2D eigenvalue weighted by Gasteiger charge is -2.24. The average molecular weight is 215 g/mol. The molecular weight excluding hydrogens is 190 g/mol. The van der Waals surface area contributed by atoms with Gasteiger partial charge in [-0.15, -0.1) is 0 Å². The number of carbonyl (C=O) groups is 1. The van der Waals surface area contributed by atoms with Gasteiger partial charge in [0.25, 0.3) is 0 Å². The number of hydrogen-bond donors (Lipinski definition) is 2. The molecule has 0 amide bonds. The van der Waals surface area contributed by atoms with Gasteiger partial charge in [-0.25, -0.2) is 0 Å². The van der Waals surface area contributed by atoms with Crippen LogP contribution in [0.25, 0.3) is 0 Å². The van der Waals surface area contributed by atoms with Gasteiger partial charge in [0, 0.05) is 12.5 Å². The summed E-state index contributed by atoms with van der Waals surface area (Å²) in [5, 5.41) is 12.0. The van der Waals surface area contributed by atoms with Crippen LogP contribution in [-0.2, 0) is 4.79 Å². The van der Waals surface area contributed by atoms with E-state index in [1.165, 1.54) is 0 Å². The first-order valence-electron chi connectivity index (χ1n) is 5.82. The summed E-state index contributed by atoms with van der Waals surface area (Å²) >= 11 is 0. The van der Waals surface area contributed by atoms with Gasteiger partial charge in [-0.2, -0.15) is 0 Å². The van der Waals surface area contributed by atoms with Crippen molar-refractivity contribution in [2.24, 2.45) is 5.41 Å². The zero-order valence-electron chi connectivity index (χ0n) is 10.5. The Balaban J connectivity index is 3.68. The van der Waals surface area contributed by atoms with Crippen LogP contribution in [0.5, 0.6) is 0 Å². The standard InChI is InChI=1S/C12H25NO2/c1-5-10(2)13-9-8-12(3,4)7-6-11(14)15/h10,13H,5-9H2,1-4H3,(H,14,15). The molecule has 2 N–H and O–H groups in total. The molecule has 0 bridgehead atoms. The lowest BCUT2D eigenvalue weighted by atomic mass is 9.84. The smallest absolute Gasteiger partial charge is 0.303 e. The molecule has 0 saturated carbocycles. The van der Waals surface area contributed by atoms with Gasteiger partial charge in [-0.3, -0.25) is 4.79 Å². The normalized spacial score (nSPS) is 13.9. The minimum Gasteiger partial charge on any atom is -0.481 e. The van der Waals surface area contributed by atoms with Gasteiger partial charge in [0.1, 0.15) is 0 Å². The van der Waals surface area contributed by atoms with Crippen LogP contribution in [0, 0.1) is 5.41 Å². The highest BCUT2D eigenvalue weighted by atomic mass is 16.4. The van der Waals surface area contributed by atoms with E-state index >= 15 is 0 Å². The van der Waals surface area contributed by atoms with E-state index in [0.29, 0.717) is 6.04 Å². The summed E-state index contributed by atoms with van der Waals surface area (Å²) < 4.78 is 0. The van der Waals surface area contributed by atoms with E-state index < -0.39 is 5.97 Å². The fourth-order valence-corrected chi connectivity index (χ4v) is 1.37. The topological polar surface area (TPSA) is 49.3 Å². The third-order valence-corrected chi connectivity index (χ3v) is 2.92. The predicted molar refractivity (Wildman–Crippen MR) is 63.0 cm³/mol. The lowest BCUT2D eigenvalue weighted by Crippen LogP contribution is -2.29.